The van der Waals surface area contributed by atoms with Gasteiger partial charge in [-0.1, -0.05) is 0 Å². The molecule has 0 aromatic heterocycles. The number of amides is 3. The molecule has 4 atom stereocenters. The lowest BCUT2D eigenvalue weighted by Crippen LogP contribution is -2.48. The first-order valence-corrected chi connectivity index (χ1v) is 11.0. The molecule has 0 radical (unpaired) electrons. The molecule has 0 bridgehead atoms. The first-order valence-electron chi connectivity index (χ1n) is 11.0. The van der Waals surface area contributed by atoms with Crippen molar-refractivity contribution in [1.82, 2.24) is 16.0 Å². The molecule has 194 valence electrons. The number of carbonyl (C=O) groups is 3. The van der Waals surface area contributed by atoms with Crippen molar-refractivity contribution in [3.63, 3.8) is 0 Å². The Morgan fingerprint density at radius 2 is 1.58 bits per heavy atom. The minimum Gasteiger partial charge on any atom is -0.396 e. The first-order chi connectivity index (χ1) is 15.8. The Kier molecular flexibility index (Phi) is 19.5. The van der Waals surface area contributed by atoms with Crippen LogP contribution in [-0.4, -0.2) is 121 Å². The van der Waals surface area contributed by atoms with E-state index in [1.807, 2.05) is 0 Å². The predicted molar refractivity (Wildman–Crippen MR) is 116 cm³/mol. The Morgan fingerprint density at radius 1 is 0.879 bits per heavy atom. The van der Waals surface area contributed by atoms with Gasteiger partial charge in [0.15, 0.2) is 6.10 Å². The van der Waals surface area contributed by atoms with E-state index >= 15 is 0 Å². The van der Waals surface area contributed by atoms with Crippen molar-refractivity contribution in [2.24, 2.45) is 0 Å². The number of ether oxygens (including phenoxy) is 2. The van der Waals surface area contributed by atoms with Crippen molar-refractivity contribution in [3.05, 3.63) is 0 Å². The summed E-state index contributed by atoms with van der Waals surface area (Å²) >= 11 is 0. The lowest BCUT2D eigenvalue weighted by Gasteiger charge is -2.22. The van der Waals surface area contributed by atoms with Crippen molar-refractivity contribution < 1.29 is 49.4 Å². The molecule has 0 aliphatic rings. The average Bonchev–Trinajstić information content (AvgIpc) is 2.80. The van der Waals surface area contributed by atoms with Crippen molar-refractivity contribution in [2.45, 2.75) is 56.5 Å². The van der Waals surface area contributed by atoms with Gasteiger partial charge in [0.05, 0.1) is 38.6 Å². The number of hydrogen-bond donors (Lipinski definition) is 8. The second-order valence-corrected chi connectivity index (χ2v) is 7.31. The molecule has 0 rings (SSSR count). The second-order valence-electron chi connectivity index (χ2n) is 7.31. The summed E-state index contributed by atoms with van der Waals surface area (Å²) in [5.41, 5.74) is 0. The van der Waals surface area contributed by atoms with Crippen LogP contribution in [0, 0.1) is 0 Å². The van der Waals surface area contributed by atoms with Crippen molar-refractivity contribution >= 4 is 18.2 Å². The fraction of sp³-hybridized carbons (Fsp3) is 0.850. The minimum atomic E-state index is -1.88. The van der Waals surface area contributed by atoms with Gasteiger partial charge in [-0.2, -0.15) is 0 Å². The molecule has 13 nitrogen and oxygen atoms in total. The molecule has 4 unspecified atom stereocenters. The highest BCUT2D eigenvalue weighted by Crippen LogP contribution is 2.05. The van der Waals surface area contributed by atoms with E-state index in [1.54, 1.807) is 0 Å². The van der Waals surface area contributed by atoms with Gasteiger partial charge in [0.25, 0.3) is 5.91 Å². The lowest BCUT2D eigenvalue weighted by atomic mass is 10.0. The average molecular weight is 482 g/mol. The Balaban J connectivity index is 3.67. The van der Waals surface area contributed by atoms with E-state index in [0.29, 0.717) is 58.6 Å². The molecule has 8 N–H and O–H groups in total. The maximum Gasteiger partial charge on any atom is 0.251 e. The predicted octanol–water partition coefficient (Wildman–Crippen LogP) is -3.62. The van der Waals surface area contributed by atoms with Crippen LogP contribution in [0.2, 0.25) is 0 Å². The van der Waals surface area contributed by atoms with Crippen molar-refractivity contribution in [3.8, 4) is 0 Å². The fourth-order valence-corrected chi connectivity index (χ4v) is 2.59. The maximum absolute atomic E-state index is 11.8. The number of rotatable bonds is 22. The summed E-state index contributed by atoms with van der Waals surface area (Å²) in [6.45, 7) is 1.69. The fourth-order valence-electron chi connectivity index (χ4n) is 2.59. The van der Waals surface area contributed by atoms with Crippen LogP contribution >= 0.6 is 0 Å². The smallest absolute Gasteiger partial charge is 0.251 e. The van der Waals surface area contributed by atoms with E-state index in [1.165, 1.54) is 0 Å². The molecule has 0 aromatic carbocycles. The summed E-state index contributed by atoms with van der Waals surface area (Å²) in [6, 6.07) is 0. The summed E-state index contributed by atoms with van der Waals surface area (Å²) in [5.74, 6) is -1.09. The summed E-state index contributed by atoms with van der Waals surface area (Å²) in [6.07, 6.45) is -3.76. The van der Waals surface area contributed by atoms with Crippen LogP contribution in [-0.2, 0) is 23.9 Å². The molecule has 0 heterocycles. The molecule has 0 saturated heterocycles. The molecule has 0 spiro atoms. The number of aliphatic hydroxyl groups excluding tert-OH is 5. The van der Waals surface area contributed by atoms with E-state index in [4.69, 9.17) is 14.6 Å². The quantitative estimate of drug-likeness (QED) is 0.0562. The summed E-state index contributed by atoms with van der Waals surface area (Å²) in [5, 5.41) is 54.9. The SMILES string of the molecule is O=CNCCOCCOCCC(=O)NCCCCC(O)CNC(=O)C(O)C(O)C(O)CCO. The molecule has 0 aromatic rings. The number of aliphatic hydroxyl groups is 5. The van der Waals surface area contributed by atoms with Crippen molar-refractivity contribution in [1.29, 1.82) is 0 Å². The van der Waals surface area contributed by atoms with Gasteiger partial charge >= 0.3 is 0 Å². The van der Waals surface area contributed by atoms with Crippen LogP contribution < -0.4 is 16.0 Å². The van der Waals surface area contributed by atoms with E-state index in [-0.39, 0.29) is 31.9 Å². The molecule has 0 saturated carbocycles. The van der Waals surface area contributed by atoms with Gasteiger partial charge in [-0.05, 0) is 25.7 Å². The number of nitrogens with one attached hydrogen (secondary N) is 3. The van der Waals surface area contributed by atoms with Gasteiger partial charge in [0.2, 0.25) is 12.3 Å². The highest BCUT2D eigenvalue weighted by molar-refractivity contribution is 5.81. The van der Waals surface area contributed by atoms with Crippen LogP contribution in [0.3, 0.4) is 0 Å². The van der Waals surface area contributed by atoms with E-state index in [9.17, 15) is 34.8 Å². The molecule has 0 aliphatic carbocycles. The Hall–Kier alpha value is -1.87. The van der Waals surface area contributed by atoms with Gasteiger partial charge in [0, 0.05) is 32.7 Å². The number of hydrogen-bond acceptors (Lipinski definition) is 10. The normalized spacial score (nSPS) is 14.7. The van der Waals surface area contributed by atoms with E-state index < -0.39 is 36.9 Å². The molecule has 13 heteroatoms. The maximum atomic E-state index is 11.8. The lowest BCUT2D eigenvalue weighted by molar-refractivity contribution is -0.141. The van der Waals surface area contributed by atoms with Crippen LogP contribution in [0.15, 0.2) is 0 Å². The first kappa shape index (κ1) is 31.1. The highest BCUT2D eigenvalue weighted by atomic mass is 16.5. The molecular formula is C20H39N3O10. The van der Waals surface area contributed by atoms with Crippen LogP contribution in [0.4, 0.5) is 0 Å². The molecule has 33 heavy (non-hydrogen) atoms. The number of carbonyl (C=O) groups excluding carboxylic acids is 3. The monoisotopic (exact) mass is 481 g/mol. The Bertz CT molecular complexity index is 526. The Morgan fingerprint density at radius 3 is 2.24 bits per heavy atom. The van der Waals surface area contributed by atoms with Gasteiger partial charge in [-0.15, -0.1) is 0 Å². The van der Waals surface area contributed by atoms with Crippen LogP contribution in [0.25, 0.3) is 0 Å². The van der Waals surface area contributed by atoms with Gasteiger partial charge in [0.1, 0.15) is 6.10 Å². The zero-order chi connectivity index (χ0) is 24.9. The minimum absolute atomic E-state index is 0.139. The Labute approximate surface area is 193 Å². The standard InChI is InChI=1S/C20H39N3O10/c24-8-4-16(27)18(29)19(30)20(31)23-13-15(26)3-1-2-6-22-17(28)5-9-32-11-12-33-10-7-21-14-25/h14-16,18-19,24,26-27,29-30H,1-13H2,(H,21,25)(H,22,28)(H,23,31). The van der Waals surface area contributed by atoms with Crippen molar-refractivity contribution in [2.75, 3.05) is 52.7 Å². The largest absolute Gasteiger partial charge is 0.396 e. The summed E-state index contributed by atoms with van der Waals surface area (Å²) in [4.78, 5) is 33.5. The third-order valence-electron chi connectivity index (χ3n) is 4.53. The molecule has 3 amide bonds. The molecular weight excluding hydrogens is 442 g/mol. The summed E-state index contributed by atoms with van der Waals surface area (Å²) in [7, 11) is 0. The number of unbranched alkanes of at least 4 members (excludes halogenated alkanes) is 1. The third kappa shape index (κ3) is 17.3. The van der Waals surface area contributed by atoms with E-state index in [2.05, 4.69) is 16.0 Å². The zero-order valence-corrected chi connectivity index (χ0v) is 18.9. The van der Waals surface area contributed by atoms with E-state index in [0.717, 1.165) is 0 Å². The van der Waals surface area contributed by atoms with Crippen LogP contribution in [0.5, 0.6) is 0 Å². The molecule has 0 fully saturated rings. The highest BCUT2D eigenvalue weighted by Gasteiger charge is 2.30. The molecule has 0 aliphatic heterocycles. The summed E-state index contributed by atoms with van der Waals surface area (Å²) < 4.78 is 10.5. The van der Waals surface area contributed by atoms with Crippen LogP contribution in [0.1, 0.15) is 32.1 Å². The zero-order valence-electron chi connectivity index (χ0n) is 18.9. The second kappa shape index (κ2) is 20.7. The van der Waals surface area contributed by atoms with Gasteiger partial charge in [-0.3, -0.25) is 14.4 Å². The third-order valence-corrected chi connectivity index (χ3v) is 4.53. The van der Waals surface area contributed by atoms with Gasteiger partial charge < -0.3 is 51.0 Å². The van der Waals surface area contributed by atoms with Gasteiger partial charge in [-0.25, -0.2) is 0 Å². The topological polar surface area (TPSA) is 207 Å².